The van der Waals surface area contributed by atoms with Crippen LogP contribution >= 0.6 is 0 Å². The molecule has 0 bridgehead atoms. The predicted molar refractivity (Wildman–Crippen MR) is 135 cm³/mol. The Kier molecular flexibility index (Phi) is 10.8. The van der Waals surface area contributed by atoms with Crippen LogP contribution in [-0.4, -0.2) is 25.0 Å². The molecule has 5 nitrogen and oxygen atoms in total. The summed E-state index contributed by atoms with van der Waals surface area (Å²) in [4.78, 5) is 24.9. The van der Waals surface area contributed by atoms with Gasteiger partial charge in [-0.15, -0.1) is 0 Å². The molecule has 0 N–H and O–H groups in total. The van der Waals surface area contributed by atoms with Gasteiger partial charge in [-0.05, 0) is 66.2 Å². The maximum Gasteiger partial charge on any atom is 0.343 e. The highest BCUT2D eigenvalue weighted by Gasteiger charge is 2.11. The molecule has 3 aromatic rings. The maximum absolute atomic E-state index is 12.5. The summed E-state index contributed by atoms with van der Waals surface area (Å²) >= 11 is 0. The average Bonchev–Trinajstić information content (AvgIpc) is 2.89. The van der Waals surface area contributed by atoms with Crippen molar-refractivity contribution in [3.8, 4) is 17.2 Å². The second-order valence-electron chi connectivity index (χ2n) is 6.88. The first kappa shape index (κ1) is 26.1. The molecule has 0 aromatic heterocycles. The van der Waals surface area contributed by atoms with E-state index in [0.29, 0.717) is 41.6 Å². The molecule has 0 aliphatic carbocycles. The Morgan fingerprint density at radius 1 is 0.676 bits per heavy atom. The number of esters is 1. The standard InChI is InChI=1S/C27H24O5.C2H6/c1-3-17-30-23-13-7-21(8-14-23)26(28)19-20-5-11-25(12-6-20)32-27(29)22-9-15-24(16-10-22)31-18-4-2;1-2/h3-16H,1-2,17-19H2;1-2H3. The van der Waals surface area contributed by atoms with Gasteiger partial charge >= 0.3 is 5.97 Å². The fourth-order valence-corrected chi connectivity index (χ4v) is 2.86. The van der Waals surface area contributed by atoms with E-state index in [4.69, 9.17) is 14.2 Å². The van der Waals surface area contributed by atoms with E-state index in [2.05, 4.69) is 13.2 Å². The summed E-state index contributed by atoms with van der Waals surface area (Å²) in [6.45, 7) is 12.0. The zero-order valence-electron chi connectivity index (χ0n) is 19.7. The van der Waals surface area contributed by atoms with Crippen LogP contribution in [0.15, 0.2) is 98.1 Å². The molecule has 0 aliphatic heterocycles. The molecule has 0 aliphatic rings. The number of ketones is 1. The van der Waals surface area contributed by atoms with Crippen LogP contribution in [0.5, 0.6) is 17.2 Å². The van der Waals surface area contributed by atoms with E-state index in [9.17, 15) is 9.59 Å². The molecule has 3 aromatic carbocycles. The predicted octanol–water partition coefficient (Wildman–Crippen LogP) is 6.49. The van der Waals surface area contributed by atoms with E-state index in [1.54, 1.807) is 84.9 Å². The first-order valence-corrected chi connectivity index (χ1v) is 11.1. The van der Waals surface area contributed by atoms with Crippen molar-refractivity contribution < 1.29 is 23.8 Å². The zero-order chi connectivity index (χ0) is 24.8. The third-order valence-corrected chi connectivity index (χ3v) is 4.50. The van der Waals surface area contributed by atoms with Crippen LogP contribution < -0.4 is 14.2 Å². The lowest BCUT2D eigenvalue weighted by Crippen LogP contribution is -2.08. The molecule has 3 rings (SSSR count). The highest BCUT2D eigenvalue weighted by atomic mass is 16.5. The molecule has 0 unspecified atom stereocenters. The van der Waals surface area contributed by atoms with Crippen molar-refractivity contribution in [2.24, 2.45) is 0 Å². The molecule has 0 spiro atoms. The zero-order valence-corrected chi connectivity index (χ0v) is 19.7. The number of carbonyl (C=O) groups is 2. The van der Waals surface area contributed by atoms with Crippen LogP contribution in [0.2, 0.25) is 0 Å². The minimum atomic E-state index is -0.470. The fourth-order valence-electron chi connectivity index (χ4n) is 2.86. The van der Waals surface area contributed by atoms with Gasteiger partial charge in [0.05, 0.1) is 5.56 Å². The van der Waals surface area contributed by atoms with Gasteiger partial charge in [-0.25, -0.2) is 4.79 Å². The summed E-state index contributed by atoms with van der Waals surface area (Å²) in [5.74, 6) is 1.26. The van der Waals surface area contributed by atoms with Crippen molar-refractivity contribution in [3.05, 3.63) is 115 Å². The minimum absolute atomic E-state index is 0.0104. The Labute approximate surface area is 201 Å². The topological polar surface area (TPSA) is 61.8 Å². The number of rotatable bonds is 11. The third kappa shape index (κ3) is 8.10. The van der Waals surface area contributed by atoms with Gasteiger partial charge in [0, 0.05) is 12.0 Å². The van der Waals surface area contributed by atoms with Crippen molar-refractivity contribution >= 4 is 11.8 Å². The smallest absolute Gasteiger partial charge is 0.343 e. The first-order chi connectivity index (χ1) is 16.6. The molecule has 0 saturated heterocycles. The molecule has 5 heteroatoms. The second-order valence-corrected chi connectivity index (χ2v) is 6.88. The van der Waals surface area contributed by atoms with Crippen molar-refractivity contribution in [1.82, 2.24) is 0 Å². The SMILES string of the molecule is C=CCOc1ccc(C(=O)Cc2ccc(OC(=O)c3ccc(OCC=C)cc3)cc2)cc1.CC. The van der Waals surface area contributed by atoms with Crippen LogP contribution in [0, 0.1) is 0 Å². The first-order valence-electron chi connectivity index (χ1n) is 11.1. The van der Waals surface area contributed by atoms with Crippen molar-refractivity contribution in [2.75, 3.05) is 13.2 Å². The summed E-state index contributed by atoms with van der Waals surface area (Å²) in [5.41, 5.74) is 1.84. The number of hydrogen-bond donors (Lipinski definition) is 0. The summed E-state index contributed by atoms with van der Waals surface area (Å²) < 4.78 is 16.2. The summed E-state index contributed by atoms with van der Waals surface area (Å²) in [6.07, 6.45) is 3.55. The molecular formula is C29H30O5. The van der Waals surface area contributed by atoms with Gasteiger partial charge in [-0.2, -0.15) is 0 Å². The quantitative estimate of drug-likeness (QED) is 0.142. The lowest BCUT2D eigenvalue weighted by atomic mass is 10.0. The van der Waals surface area contributed by atoms with Crippen LogP contribution in [0.3, 0.4) is 0 Å². The lowest BCUT2D eigenvalue weighted by molar-refractivity contribution is 0.0734. The number of carbonyl (C=O) groups excluding carboxylic acids is 2. The third-order valence-electron chi connectivity index (χ3n) is 4.50. The van der Waals surface area contributed by atoms with E-state index in [0.717, 1.165) is 5.56 Å². The summed E-state index contributed by atoms with van der Waals surface area (Å²) in [5, 5.41) is 0. The Bertz CT molecular complexity index is 977. The number of benzene rings is 3. The average molecular weight is 459 g/mol. The Balaban J connectivity index is 0.00000199. The van der Waals surface area contributed by atoms with Crippen molar-refractivity contribution in [3.63, 3.8) is 0 Å². The Hall–Kier alpha value is -4.12. The number of Topliss-reactive ketones (excluding diaryl/α,β-unsaturated/α-hetero) is 1. The molecule has 0 heterocycles. The van der Waals surface area contributed by atoms with Crippen molar-refractivity contribution in [1.29, 1.82) is 0 Å². The Morgan fingerprint density at radius 3 is 1.59 bits per heavy atom. The molecule has 0 saturated carbocycles. The second kappa shape index (κ2) is 14.1. The van der Waals surface area contributed by atoms with E-state index >= 15 is 0 Å². The van der Waals surface area contributed by atoms with Crippen LogP contribution in [0.4, 0.5) is 0 Å². The minimum Gasteiger partial charge on any atom is -0.490 e. The highest BCUT2D eigenvalue weighted by molar-refractivity contribution is 5.97. The van der Waals surface area contributed by atoms with Crippen molar-refractivity contribution in [2.45, 2.75) is 20.3 Å². The van der Waals surface area contributed by atoms with Gasteiger partial charge in [-0.3, -0.25) is 4.79 Å². The fraction of sp³-hybridized carbons (Fsp3) is 0.172. The molecule has 0 fully saturated rings. The van der Waals surface area contributed by atoms with Crippen LogP contribution in [0.1, 0.15) is 40.1 Å². The molecular weight excluding hydrogens is 428 g/mol. The van der Waals surface area contributed by atoms with Gasteiger partial charge in [0.2, 0.25) is 0 Å². The van der Waals surface area contributed by atoms with Crippen LogP contribution in [0.25, 0.3) is 0 Å². The van der Waals surface area contributed by atoms with Crippen LogP contribution in [-0.2, 0) is 6.42 Å². The van der Waals surface area contributed by atoms with E-state index in [1.165, 1.54) is 0 Å². The highest BCUT2D eigenvalue weighted by Crippen LogP contribution is 2.19. The molecule has 176 valence electrons. The lowest BCUT2D eigenvalue weighted by Gasteiger charge is -2.08. The normalized spacial score (nSPS) is 9.71. The molecule has 0 atom stereocenters. The summed E-state index contributed by atoms with van der Waals surface area (Å²) in [6, 6.07) is 20.6. The molecule has 0 amide bonds. The largest absolute Gasteiger partial charge is 0.490 e. The number of ether oxygens (including phenoxy) is 3. The van der Waals surface area contributed by atoms with Gasteiger partial charge < -0.3 is 14.2 Å². The van der Waals surface area contributed by atoms with Gasteiger partial charge in [0.1, 0.15) is 30.5 Å². The van der Waals surface area contributed by atoms with Gasteiger partial charge in [-0.1, -0.05) is 51.3 Å². The van der Waals surface area contributed by atoms with Gasteiger partial charge in [0.15, 0.2) is 5.78 Å². The van der Waals surface area contributed by atoms with E-state index in [1.807, 2.05) is 13.8 Å². The van der Waals surface area contributed by atoms with E-state index < -0.39 is 5.97 Å². The monoisotopic (exact) mass is 458 g/mol. The van der Waals surface area contributed by atoms with Gasteiger partial charge in [0.25, 0.3) is 0 Å². The Morgan fingerprint density at radius 2 is 1.12 bits per heavy atom. The maximum atomic E-state index is 12.5. The molecule has 0 radical (unpaired) electrons. The molecule has 34 heavy (non-hydrogen) atoms. The number of hydrogen-bond acceptors (Lipinski definition) is 5. The van der Waals surface area contributed by atoms with E-state index in [-0.39, 0.29) is 12.2 Å². The summed E-state index contributed by atoms with van der Waals surface area (Å²) in [7, 11) is 0.